The van der Waals surface area contributed by atoms with Gasteiger partial charge in [-0.2, -0.15) is 0 Å². The van der Waals surface area contributed by atoms with Crippen molar-refractivity contribution in [3.05, 3.63) is 39.6 Å². The number of halogens is 2. The summed E-state index contributed by atoms with van der Waals surface area (Å²) in [6, 6.07) is 6.70. The predicted octanol–water partition coefficient (Wildman–Crippen LogP) is 18.9. The molecule has 0 aliphatic heterocycles. The molecule has 324 valence electrons. The molecule has 8 heteroatoms. The number of fused-ring (bicyclic) bond motifs is 4. The van der Waals surface area contributed by atoms with E-state index in [0.29, 0.717) is 15.6 Å². The van der Waals surface area contributed by atoms with Gasteiger partial charge in [-0.1, -0.05) is 104 Å². The second-order valence-electron chi connectivity index (χ2n) is 18.9. The van der Waals surface area contributed by atoms with Crippen molar-refractivity contribution in [2.24, 2.45) is 0 Å². The van der Waals surface area contributed by atoms with Gasteiger partial charge in [-0.05, 0) is 0 Å². The molecule has 3 heterocycles. The van der Waals surface area contributed by atoms with Crippen LogP contribution in [0.25, 0.3) is 31.2 Å². The molecule has 4 aromatic rings. The molecule has 0 N–H and O–H groups in total. The van der Waals surface area contributed by atoms with E-state index in [4.69, 9.17) is 0 Å². The molecule has 0 fully saturated rings. The Morgan fingerprint density at radius 2 is 0.931 bits per heavy atom. The number of benzene rings is 1. The Morgan fingerprint density at radius 3 is 1.38 bits per heavy atom. The minimum atomic E-state index is -2.34. The van der Waals surface area contributed by atoms with E-state index in [0.717, 1.165) is 10.4 Å². The molecule has 58 heavy (non-hydrogen) atoms. The van der Waals surface area contributed by atoms with Crippen LogP contribution in [-0.2, 0) is 5.41 Å². The van der Waals surface area contributed by atoms with Gasteiger partial charge in [-0.25, -0.2) is 0 Å². The third-order valence-corrected chi connectivity index (χ3v) is 26.1. The SMILES string of the molecule is CCCCCCCCCCCCCCCCC1(CCCCCCCCCCCCCCCC)c2cc(-c3c(F)cc(Br)c4nsnc34)sc2-c2s[c]([Sn]([CH3])([CH3])[CH3])cc21. The first-order valence-electron chi connectivity index (χ1n) is 24.1. The zero-order chi connectivity index (χ0) is 41.2. The van der Waals surface area contributed by atoms with Gasteiger partial charge in [-0.3, -0.25) is 0 Å². The number of hydrogen-bond acceptors (Lipinski definition) is 5. The Labute approximate surface area is 379 Å². The Kier molecular flexibility index (Phi) is 21.6. The van der Waals surface area contributed by atoms with Crippen LogP contribution in [0.2, 0.25) is 14.8 Å². The fraction of sp³-hybridized carbons (Fsp3) is 0.720. The van der Waals surface area contributed by atoms with Crippen LogP contribution < -0.4 is 2.89 Å². The van der Waals surface area contributed by atoms with Crippen molar-refractivity contribution in [2.45, 2.75) is 227 Å². The van der Waals surface area contributed by atoms with Crippen molar-refractivity contribution in [3.8, 4) is 20.2 Å². The third kappa shape index (κ3) is 13.8. The van der Waals surface area contributed by atoms with Crippen LogP contribution in [0.4, 0.5) is 4.39 Å². The summed E-state index contributed by atoms with van der Waals surface area (Å²) in [7, 11) is 0. The van der Waals surface area contributed by atoms with Crippen molar-refractivity contribution >= 4 is 82.6 Å². The van der Waals surface area contributed by atoms with Crippen molar-refractivity contribution in [3.63, 3.8) is 0 Å². The maximum absolute atomic E-state index is 16.0. The van der Waals surface area contributed by atoms with Gasteiger partial charge in [0.25, 0.3) is 0 Å². The molecule has 0 saturated heterocycles. The van der Waals surface area contributed by atoms with E-state index in [1.165, 1.54) is 220 Å². The van der Waals surface area contributed by atoms with Crippen LogP contribution in [0.1, 0.15) is 218 Å². The summed E-state index contributed by atoms with van der Waals surface area (Å²) >= 11 is 6.32. The first kappa shape index (κ1) is 48.7. The molecular formula is C50H78BrFN2S3Sn. The summed E-state index contributed by atoms with van der Waals surface area (Å²) in [6.45, 7) is 4.61. The van der Waals surface area contributed by atoms with Crippen molar-refractivity contribution in [1.29, 1.82) is 0 Å². The van der Waals surface area contributed by atoms with Crippen LogP contribution >= 0.6 is 50.3 Å². The fourth-order valence-electron chi connectivity index (χ4n) is 9.48. The van der Waals surface area contributed by atoms with E-state index < -0.39 is 18.4 Å². The number of rotatable bonds is 32. The maximum atomic E-state index is 16.0. The summed E-state index contributed by atoms with van der Waals surface area (Å²) in [4.78, 5) is 11.7. The summed E-state index contributed by atoms with van der Waals surface area (Å²) in [6.07, 6.45) is 41.4. The second kappa shape index (κ2) is 25.7. The van der Waals surface area contributed by atoms with Crippen LogP contribution in [0.15, 0.2) is 22.7 Å². The van der Waals surface area contributed by atoms with Gasteiger partial charge in [0.1, 0.15) is 0 Å². The molecule has 0 atom stereocenters. The molecule has 0 radical (unpaired) electrons. The third-order valence-electron chi connectivity index (χ3n) is 13.0. The topological polar surface area (TPSA) is 25.8 Å². The minimum absolute atomic E-state index is 0.0326. The number of aromatic nitrogens is 2. The summed E-state index contributed by atoms with van der Waals surface area (Å²) in [5.74, 6) is -0.200. The molecule has 1 aliphatic rings. The molecule has 3 aromatic heterocycles. The number of unbranched alkanes of at least 4 members (excludes halogenated alkanes) is 26. The first-order chi connectivity index (χ1) is 28.2. The van der Waals surface area contributed by atoms with Crippen LogP contribution in [-0.4, -0.2) is 27.1 Å². The Hall–Kier alpha value is -0.351. The summed E-state index contributed by atoms with van der Waals surface area (Å²) in [5.41, 5.74) is 5.26. The Balaban J connectivity index is 1.24. The van der Waals surface area contributed by atoms with E-state index in [2.05, 4.69) is 76.8 Å². The molecule has 1 aliphatic carbocycles. The standard InChI is InChI=1S/C47H69BrFN2S3.3CH3.Sn/c1-3-5-7-9-11-13-15-17-19-21-23-25-27-29-32-47(33-30-28-26-24-22-20-18-16-14-12-10-8-6-4-2)37-31-34-52-45(37)46-38(47)35-41(53-46)42-40(49)36-39(48)43-44(42)51-54-50-43;;;;/h31,35-36H,3-30,32-33H2,1-2H3;3*1H3;. The van der Waals surface area contributed by atoms with E-state index in [1.54, 1.807) is 14.5 Å². The molecule has 0 unspecified atom stereocenters. The molecule has 2 nitrogen and oxygen atoms in total. The Bertz CT molecular complexity index is 1740. The van der Waals surface area contributed by atoms with Crippen molar-refractivity contribution in [1.82, 2.24) is 8.75 Å². The van der Waals surface area contributed by atoms with Gasteiger partial charge in [-0.15, -0.1) is 0 Å². The van der Waals surface area contributed by atoms with Gasteiger partial charge in [0, 0.05) is 0 Å². The number of hydrogen-bond donors (Lipinski definition) is 0. The summed E-state index contributed by atoms with van der Waals surface area (Å²) < 4.78 is 27.5. The van der Waals surface area contributed by atoms with E-state index in [1.807, 2.05) is 11.3 Å². The van der Waals surface area contributed by atoms with Gasteiger partial charge >= 0.3 is 279 Å². The van der Waals surface area contributed by atoms with Crippen molar-refractivity contribution < 1.29 is 4.39 Å². The first-order valence-corrected chi connectivity index (χ1v) is 37.3. The zero-order valence-electron chi connectivity index (χ0n) is 37.3. The van der Waals surface area contributed by atoms with Crippen LogP contribution in [0.5, 0.6) is 0 Å². The van der Waals surface area contributed by atoms with Crippen LogP contribution in [0.3, 0.4) is 0 Å². The molecule has 5 rings (SSSR count). The normalized spacial score (nSPS) is 13.6. The van der Waals surface area contributed by atoms with Gasteiger partial charge in [0.2, 0.25) is 0 Å². The predicted molar refractivity (Wildman–Crippen MR) is 265 cm³/mol. The fourth-order valence-corrected chi connectivity index (χ4v) is 18.6. The molecule has 0 bridgehead atoms. The monoisotopic (exact) mass is 1020 g/mol. The van der Waals surface area contributed by atoms with Crippen molar-refractivity contribution in [2.75, 3.05) is 0 Å². The molecule has 0 saturated carbocycles. The van der Waals surface area contributed by atoms with Gasteiger partial charge < -0.3 is 0 Å². The average Bonchev–Trinajstić information content (AvgIpc) is 4.00. The quantitative estimate of drug-likeness (QED) is 0.0360. The van der Waals surface area contributed by atoms with E-state index in [-0.39, 0.29) is 11.2 Å². The van der Waals surface area contributed by atoms with Gasteiger partial charge in [0.05, 0.1) is 0 Å². The average molecular weight is 1020 g/mol. The van der Waals surface area contributed by atoms with Gasteiger partial charge in [0.15, 0.2) is 0 Å². The zero-order valence-corrected chi connectivity index (χ0v) is 44.2. The number of nitrogens with zero attached hydrogens (tertiary/aromatic N) is 2. The molecule has 0 spiro atoms. The number of thiophene rings is 2. The van der Waals surface area contributed by atoms with E-state index >= 15 is 4.39 Å². The van der Waals surface area contributed by atoms with E-state index in [9.17, 15) is 0 Å². The summed E-state index contributed by atoms with van der Waals surface area (Å²) in [5, 5.41) is 0. The second-order valence-corrected chi connectivity index (χ2v) is 37.8. The van der Waals surface area contributed by atoms with Crippen LogP contribution in [0, 0.1) is 5.82 Å². The Morgan fingerprint density at radius 1 is 0.534 bits per heavy atom. The molecule has 0 amide bonds. The molecule has 1 aromatic carbocycles. The molecular weight excluding hydrogens is 942 g/mol.